The maximum absolute atomic E-state index is 11.5. The number of nitrogens with zero attached hydrogens (tertiary/aromatic N) is 3. The number of benzene rings is 1. The first kappa shape index (κ1) is 13.3. The van der Waals surface area contributed by atoms with Crippen molar-refractivity contribution < 1.29 is 14.7 Å². The predicted molar refractivity (Wildman–Crippen MR) is 76.3 cm³/mol. The van der Waals surface area contributed by atoms with Gasteiger partial charge in [0.05, 0.1) is 11.2 Å². The van der Waals surface area contributed by atoms with Crippen molar-refractivity contribution >= 4 is 28.5 Å². The molecule has 7 heteroatoms. The van der Waals surface area contributed by atoms with Crippen molar-refractivity contribution in [2.75, 3.05) is 24.5 Å². The molecule has 0 radical (unpaired) electrons. The molecule has 3 rings (SSSR count). The number of hydrogen-bond donors (Lipinski definition) is 2. The fourth-order valence-electron chi connectivity index (χ4n) is 2.49. The maximum Gasteiger partial charge on any atom is 0.358 e. The van der Waals surface area contributed by atoms with Gasteiger partial charge >= 0.3 is 5.97 Å². The van der Waals surface area contributed by atoms with Crippen LogP contribution in [0.25, 0.3) is 10.9 Å². The second kappa shape index (κ2) is 5.35. The van der Waals surface area contributed by atoms with Gasteiger partial charge in [-0.1, -0.05) is 18.2 Å². The summed E-state index contributed by atoms with van der Waals surface area (Å²) < 4.78 is 0. The fraction of sp³-hybridized carbons (Fsp3) is 0.286. The number of nitrogens with one attached hydrogen (secondary N) is 1. The third kappa shape index (κ3) is 2.49. The molecule has 1 aromatic heterocycles. The van der Waals surface area contributed by atoms with Gasteiger partial charge < -0.3 is 15.3 Å². The van der Waals surface area contributed by atoms with E-state index < -0.39 is 5.97 Å². The van der Waals surface area contributed by atoms with Crippen LogP contribution in [0.3, 0.4) is 0 Å². The minimum absolute atomic E-state index is 0.0271. The van der Waals surface area contributed by atoms with Gasteiger partial charge in [-0.3, -0.25) is 4.79 Å². The van der Waals surface area contributed by atoms with Gasteiger partial charge in [0.15, 0.2) is 5.69 Å². The van der Waals surface area contributed by atoms with Crippen LogP contribution in [0.5, 0.6) is 0 Å². The average molecular weight is 286 g/mol. The normalized spacial score (nSPS) is 15.6. The van der Waals surface area contributed by atoms with E-state index in [-0.39, 0.29) is 11.6 Å². The summed E-state index contributed by atoms with van der Waals surface area (Å²) in [7, 11) is 0. The molecule has 1 saturated heterocycles. The summed E-state index contributed by atoms with van der Waals surface area (Å²) in [5, 5.41) is 20.7. The molecule has 0 spiro atoms. The van der Waals surface area contributed by atoms with Crippen LogP contribution in [-0.2, 0) is 4.79 Å². The van der Waals surface area contributed by atoms with Gasteiger partial charge in [-0.05, 0) is 6.07 Å². The molecule has 21 heavy (non-hydrogen) atoms. The number of aromatic carboxylic acids is 1. The first-order valence-corrected chi connectivity index (χ1v) is 6.67. The standard InChI is InChI=1S/C14H14N4O3/c19-11-5-7-18(8-6-15-11)13-9-3-1-2-4-10(9)16-17-12(13)14(20)21/h1-4H,5-8H2,(H,15,19)(H,20,21). The molecule has 0 atom stereocenters. The number of rotatable bonds is 2. The Morgan fingerprint density at radius 2 is 2.05 bits per heavy atom. The smallest absolute Gasteiger partial charge is 0.358 e. The summed E-state index contributed by atoms with van der Waals surface area (Å²) in [6, 6.07) is 7.28. The highest BCUT2D eigenvalue weighted by atomic mass is 16.4. The Balaban J connectivity index is 2.15. The fourth-order valence-corrected chi connectivity index (χ4v) is 2.49. The Bertz CT molecular complexity index is 716. The summed E-state index contributed by atoms with van der Waals surface area (Å²) >= 11 is 0. The number of hydrogen-bond acceptors (Lipinski definition) is 5. The molecule has 0 bridgehead atoms. The van der Waals surface area contributed by atoms with Gasteiger partial charge in [-0.25, -0.2) is 4.79 Å². The Hall–Kier alpha value is -2.70. The highest BCUT2D eigenvalue weighted by Crippen LogP contribution is 2.28. The number of carboxylic acids is 1. The van der Waals surface area contributed by atoms with Crippen LogP contribution in [-0.4, -0.2) is 46.8 Å². The molecule has 2 aromatic rings. The molecule has 1 aromatic carbocycles. The second-order valence-corrected chi connectivity index (χ2v) is 4.81. The molecule has 108 valence electrons. The van der Waals surface area contributed by atoms with E-state index in [4.69, 9.17) is 0 Å². The van der Waals surface area contributed by atoms with E-state index in [2.05, 4.69) is 15.5 Å². The molecule has 7 nitrogen and oxygen atoms in total. The van der Waals surface area contributed by atoms with Crippen LogP contribution in [0.4, 0.5) is 5.69 Å². The Morgan fingerprint density at radius 1 is 1.24 bits per heavy atom. The molecule has 0 saturated carbocycles. The van der Waals surface area contributed by atoms with Crippen molar-refractivity contribution in [3.05, 3.63) is 30.0 Å². The molecular formula is C14H14N4O3. The zero-order chi connectivity index (χ0) is 14.8. The lowest BCUT2D eigenvalue weighted by Gasteiger charge is -2.24. The summed E-state index contributed by atoms with van der Waals surface area (Å²) in [6.45, 7) is 1.48. The van der Waals surface area contributed by atoms with E-state index in [1.165, 1.54) is 0 Å². The highest BCUT2D eigenvalue weighted by molar-refractivity contribution is 6.03. The summed E-state index contributed by atoms with van der Waals surface area (Å²) in [6.07, 6.45) is 0.329. The minimum atomic E-state index is -1.12. The van der Waals surface area contributed by atoms with Crippen LogP contribution in [0.2, 0.25) is 0 Å². The largest absolute Gasteiger partial charge is 0.476 e. The minimum Gasteiger partial charge on any atom is -0.476 e. The lowest BCUT2D eigenvalue weighted by atomic mass is 10.1. The Labute approximate surface area is 120 Å². The zero-order valence-electron chi connectivity index (χ0n) is 11.2. The van der Waals surface area contributed by atoms with Crippen molar-refractivity contribution in [1.29, 1.82) is 0 Å². The second-order valence-electron chi connectivity index (χ2n) is 4.81. The van der Waals surface area contributed by atoms with E-state index in [0.29, 0.717) is 37.3 Å². The summed E-state index contributed by atoms with van der Waals surface area (Å²) in [4.78, 5) is 24.8. The number of amides is 1. The van der Waals surface area contributed by atoms with Crippen LogP contribution in [0, 0.1) is 0 Å². The number of carbonyl (C=O) groups excluding carboxylic acids is 1. The molecular weight excluding hydrogens is 272 g/mol. The van der Waals surface area contributed by atoms with Gasteiger partial charge in [0, 0.05) is 31.4 Å². The zero-order valence-corrected chi connectivity index (χ0v) is 11.2. The van der Waals surface area contributed by atoms with Crippen LogP contribution in [0.1, 0.15) is 16.9 Å². The Morgan fingerprint density at radius 3 is 2.86 bits per heavy atom. The average Bonchev–Trinajstić information content (AvgIpc) is 2.70. The van der Waals surface area contributed by atoms with Crippen molar-refractivity contribution in [3.8, 4) is 0 Å². The van der Waals surface area contributed by atoms with Crippen molar-refractivity contribution in [2.45, 2.75) is 6.42 Å². The van der Waals surface area contributed by atoms with E-state index >= 15 is 0 Å². The first-order chi connectivity index (χ1) is 10.2. The summed E-state index contributed by atoms with van der Waals surface area (Å²) in [5.74, 6) is -1.15. The van der Waals surface area contributed by atoms with Gasteiger partial charge in [-0.15, -0.1) is 10.2 Å². The number of fused-ring (bicyclic) bond motifs is 1. The van der Waals surface area contributed by atoms with Crippen LogP contribution < -0.4 is 10.2 Å². The molecule has 1 fully saturated rings. The quantitative estimate of drug-likeness (QED) is 0.841. The Kier molecular flexibility index (Phi) is 3.39. The first-order valence-electron chi connectivity index (χ1n) is 6.67. The van der Waals surface area contributed by atoms with Crippen LogP contribution in [0.15, 0.2) is 24.3 Å². The van der Waals surface area contributed by atoms with Gasteiger partial charge in [-0.2, -0.15) is 0 Å². The van der Waals surface area contributed by atoms with Gasteiger partial charge in [0.25, 0.3) is 0 Å². The predicted octanol–water partition coefficient (Wildman–Crippen LogP) is 0.654. The maximum atomic E-state index is 11.5. The molecule has 0 unspecified atom stereocenters. The molecule has 2 N–H and O–H groups in total. The molecule has 2 heterocycles. The SMILES string of the molecule is O=C1CCN(c2c(C(=O)O)nnc3ccccc23)CCN1. The van der Waals surface area contributed by atoms with Crippen molar-refractivity contribution in [3.63, 3.8) is 0 Å². The van der Waals surface area contributed by atoms with E-state index in [1.807, 2.05) is 23.1 Å². The number of carboxylic acid groups (broad SMARTS) is 1. The summed E-state index contributed by atoms with van der Waals surface area (Å²) in [5.41, 5.74) is 1.09. The van der Waals surface area contributed by atoms with Gasteiger partial charge in [0.2, 0.25) is 5.91 Å². The van der Waals surface area contributed by atoms with E-state index in [1.54, 1.807) is 6.07 Å². The molecule has 1 aliphatic heterocycles. The molecule has 1 amide bonds. The van der Waals surface area contributed by atoms with Crippen LogP contribution >= 0.6 is 0 Å². The molecule has 0 aliphatic carbocycles. The number of carbonyl (C=O) groups is 2. The molecule has 1 aliphatic rings. The highest BCUT2D eigenvalue weighted by Gasteiger charge is 2.23. The van der Waals surface area contributed by atoms with E-state index in [0.717, 1.165) is 5.39 Å². The number of anilines is 1. The topological polar surface area (TPSA) is 95.4 Å². The third-order valence-electron chi connectivity index (χ3n) is 3.47. The monoisotopic (exact) mass is 286 g/mol. The third-order valence-corrected chi connectivity index (χ3v) is 3.47. The lowest BCUT2D eigenvalue weighted by molar-refractivity contribution is -0.120. The van der Waals surface area contributed by atoms with Crippen molar-refractivity contribution in [2.24, 2.45) is 0 Å². The lowest BCUT2D eigenvalue weighted by Crippen LogP contribution is -2.30. The number of aromatic nitrogens is 2. The van der Waals surface area contributed by atoms with E-state index in [9.17, 15) is 14.7 Å². The van der Waals surface area contributed by atoms with Crippen molar-refractivity contribution in [1.82, 2.24) is 15.5 Å². The van der Waals surface area contributed by atoms with Gasteiger partial charge in [0.1, 0.15) is 0 Å².